The first-order valence-corrected chi connectivity index (χ1v) is 8.48. The molecule has 0 saturated carbocycles. The maximum Gasteiger partial charge on any atom is 0.147 e. The summed E-state index contributed by atoms with van der Waals surface area (Å²) in [5.74, 6) is 0.810. The standard InChI is InChI=1S/C16H16Br2ClNO/c1-10(12-3-5-13(19)6-4-12)20-9-11-7-14(17)16(21-2)15(18)8-11/h3-8,10,20H,9H2,1-2H3/t10-/m1/s1. The van der Waals surface area contributed by atoms with Crippen LogP contribution in [0.15, 0.2) is 45.3 Å². The summed E-state index contributed by atoms with van der Waals surface area (Å²) >= 11 is 13.0. The summed E-state index contributed by atoms with van der Waals surface area (Å²) in [6.45, 7) is 2.90. The van der Waals surface area contributed by atoms with Gasteiger partial charge >= 0.3 is 0 Å². The molecule has 112 valence electrons. The van der Waals surface area contributed by atoms with Crippen molar-refractivity contribution in [3.8, 4) is 5.75 Å². The van der Waals surface area contributed by atoms with E-state index >= 15 is 0 Å². The predicted octanol–water partition coefficient (Wildman–Crippen LogP) is 5.72. The fourth-order valence-electron chi connectivity index (χ4n) is 2.05. The zero-order valence-corrected chi connectivity index (χ0v) is 15.7. The van der Waals surface area contributed by atoms with Gasteiger partial charge in [-0.1, -0.05) is 23.7 Å². The van der Waals surface area contributed by atoms with Crippen molar-refractivity contribution in [2.24, 2.45) is 0 Å². The van der Waals surface area contributed by atoms with Crippen LogP contribution in [0.5, 0.6) is 5.75 Å². The van der Waals surface area contributed by atoms with E-state index in [9.17, 15) is 0 Å². The third-order valence-corrected chi connectivity index (χ3v) is 4.67. The van der Waals surface area contributed by atoms with E-state index in [2.05, 4.69) is 56.2 Å². The minimum absolute atomic E-state index is 0.252. The fraction of sp³-hybridized carbons (Fsp3) is 0.250. The summed E-state index contributed by atoms with van der Waals surface area (Å²) in [6.07, 6.45) is 0. The first-order valence-electron chi connectivity index (χ1n) is 6.52. The lowest BCUT2D eigenvalue weighted by Crippen LogP contribution is -2.18. The molecular weight excluding hydrogens is 417 g/mol. The highest BCUT2D eigenvalue weighted by Crippen LogP contribution is 2.34. The molecule has 2 nitrogen and oxygen atoms in total. The molecule has 0 aliphatic carbocycles. The maximum absolute atomic E-state index is 5.91. The van der Waals surface area contributed by atoms with Crippen LogP contribution < -0.4 is 10.1 Å². The number of halogens is 3. The zero-order chi connectivity index (χ0) is 15.4. The van der Waals surface area contributed by atoms with Crippen molar-refractivity contribution < 1.29 is 4.74 Å². The summed E-state index contributed by atoms with van der Waals surface area (Å²) in [7, 11) is 1.66. The van der Waals surface area contributed by atoms with Gasteiger partial charge in [-0.3, -0.25) is 0 Å². The van der Waals surface area contributed by atoms with Crippen molar-refractivity contribution in [1.82, 2.24) is 5.32 Å². The SMILES string of the molecule is COc1c(Br)cc(CN[C@H](C)c2ccc(Cl)cc2)cc1Br. The largest absolute Gasteiger partial charge is 0.494 e. The molecule has 0 aliphatic rings. The molecule has 21 heavy (non-hydrogen) atoms. The lowest BCUT2D eigenvalue weighted by Gasteiger charge is -2.15. The molecule has 2 rings (SSSR count). The second kappa shape index (κ2) is 7.63. The monoisotopic (exact) mass is 431 g/mol. The lowest BCUT2D eigenvalue weighted by molar-refractivity contribution is 0.409. The van der Waals surface area contributed by atoms with Crippen LogP contribution in [0.1, 0.15) is 24.1 Å². The van der Waals surface area contributed by atoms with Gasteiger partial charge in [-0.25, -0.2) is 0 Å². The number of hydrogen-bond donors (Lipinski definition) is 1. The van der Waals surface area contributed by atoms with E-state index in [-0.39, 0.29) is 6.04 Å². The van der Waals surface area contributed by atoms with Gasteiger partial charge in [-0.05, 0) is 74.2 Å². The third-order valence-electron chi connectivity index (χ3n) is 3.24. The van der Waals surface area contributed by atoms with Crippen LogP contribution in [-0.2, 0) is 6.54 Å². The molecule has 2 aromatic rings. The van der Waals surface area contributed by atoms with E-state index in [1.54, 1.807) is 7.11 Å². The van der Waals surface area contributed by atoms with Crippen LogP contribution >= 0.6 is 43.5 Å². The molecule has 0 radical (unpaired) electrons. The lowest BCUT2D eigenvalue weighted by atomic mass is 10.1. The second-order valence-corrected chi connectivity index (χ2v) is 6.89. The smallest absolute Gasteiger partial charge is 0.147 e. The minimum atomic E-state index is 0.252. The van der Waals surface area contributed by atoms with Gasteiger partial charge in [0.2, 0.25) is 0 Å². The third kappa shape index (κ3) is 4.46. The normalized spacial score (nSPS) is 12.2. The molecule has 0 unspecified atom stereocenters. The predicted molar refractivity (Wildman–Crippen MR) is 95.1 cm³/mol. The van der Waals surface area contributed by atoms with Crippen LogP contribution in [0.4, 0.5) is 0 Å². The molecule has 2 aromatic carbocycles. The van der Waals surface area contributed by atoms with Crippen molar-refractivity contribution in [3.63, 3.8) is 0 Å². The quantitative estimate of drug-likeness (QED) is 0.651. The van der Waals surface area contributed by atoms with Gasteiger partial charge in [0.15, 0.2) is 0 Å². The van der Waals surface area contributed by atoms with Gasteiger partial charge in [0.25, 0.3) is 0 Å². The molecule has 0 spiro atoms. The Morgan fingerprint density at radius 2 is 1.71 bits per heavy atom. The van der Waals surface area contributed by atoms with Gasteiger partial charge in [-0.15, -0.1) is 0 Å². The van der Waals surface area contributed by atoms with E-state index in [0.717, 1.165) is 26.3 Å². The molecule has 1 atom stereocenters. The number of benzene rings is 2. The first-order chi connectivity index (χ1) is 10.0. The average molecular weight is 434 g/mol. The van der Waals surface area contributed by atoms with E-state index in [1.165, 1.54) is 11.1 Å². The Bertz CT molecular complexity index is 593. The number of methoxy groups -OCH3 is 1. The Hall–Kier alpha value is -0.550. The molecule has 0 aromatic heterocycles. The molecule has 5 heteroatoms. The number of rotatable bonds is 5. The average Bonchev–Trinajstić information content (AvgIpc) is 2.45. The van der Waals surface area contributed by atoms with E-state index in [1.807, 2.05) is 24.3 Å². The maximum atomic E-state index is 5.91. The Morgan fingerprint density at radius 1 is 1.14 bits per heavy atom. The molecule has 0 amide bonds. The highest BCUT2D eigenvalue weighted by Gasteiger charge is 2.09. The van der Waals surface area contributed by atoms with Crippen LogP contribution in [0, 0.1) is 0 Å². The Balaban J connectivity index is 2.04. The summed E-state index contributed by atoms with van der Waals surface area (Å²) in [6, 6.07) is 12.3. The van der Waals surface area contributed by atoms with Gasteiger partial charge in [-0.2, -0.15) is 0 Å². The Kier molecular flexibility index (Phi) is 6.11. The van der Waals surface area contributed by atoms with Crippen LogP contribution in [0.2, 0.25) is 5.02 Å². The van der Waals surface area contributed by atoms with Crippen molar-refractivity contribution in [1.29, 1.82) is 0 Å². The van der Waals surface area contributed by atoms with Crippen molar-refractivity contribution in [3.05, 3.63) is 61.5 Å². The number of ether oxygens (including phenoxy) is 1. The second-order valence-electron chi connectivity index (χ2n) is 4.75. The zero-order valence-electron chi connectivity index (χ0n) is 11.8. The number of nitrogens with one attached hydrogen (secondary N) is 1. The number of hydrogen-bond acceptors (Lipinski definition) is 2. The minimum Gasteiger partial charge on any atom is -0.494 e. The molecule has 1 N–H and O–H groups in total. The van der Waals surface area contributed by atoms with E-state index in [0.29, 0.717) is 0 Å². The summed E-state index contributed by atoms with van der Waals surface area (Å²) < 4.78 is 7.19. The first kappa shape index (κ1) is 16.8. The van der Waals surface area contributed by atoms with Crippen LogP contribution in [0.3, 0.4) is 0 Å². The van der Waals surface area contributed by atoms with Gasteiger partial charge < -0.3 is 10.1 Å². The van der Waals surface area contributed by atoms with Gasteiger partial charge in [0, 0.05) is 17.6 Å². The Labute approximate surface area is 147 Å². The van der Waals surface area contributed by atoms with Gasteiger partial charge in [0.1, 0.15) is 5.75 Å². The molecule has 0 fully saturated rings. The van der Waals surface area contributed by atoms with Crippen LogP contribution in [-0.4, -0.2) is 7.11 Å². The van der Waals surface area contributed by atoms with Gasteiger partial charge in [0.05, 0.1) is 16.1 Å². The molecular formula is C16H16Br2ClNO. The molecule has 0 saturated heterocycles. The van der Waals surface area contributed by atoms with E-state index in [4.69, 9.17) is 16.3 Å². The summed E-state index contributed by atoms with van der Waals surface area (Å²) in [5, 5.41) is 4.26. The Morgan fingerprint density at radius 3 is 2.24 bits per heavy atom. The fourth-order valence-corrected chi connectivity index (χ4v) is 3.78. The molecule has 0 aliphatic heterocycles. The van der Waals surface area contributed by atoms with Crippen molar-refractivity contribution >= 4 is 43.5 Å². The molecule has 0 heterocycles. The highest BCUT2D eigenvalue weighted by molar-refractivity contribution is 9.11. The molecule has 0 bridgehead atoms. The van der Waals surface area contributed by atoms with Crippen LogP contribution in [0.25, 0.3) is 0 Å². The van der Waals surface area contributed by atoms with Crippen molar-refractivity contribution in [2.75, 3.05) is 7.11 Å². The van der Waals surface area contributed by atoms with E-state index < -0.39 is 0 Å². The highest BCUT2D eigenvalue weighted by atomic mass is 79.9. The topological polar surface area (TPSA) is 21.3 Å². The summed E-state index contributed by atoms with van der Waals surface area (Å²) in [4.78, 5) is 0. The van der Waals surface area contributed by atoms with Crippen molar-refractivity contribution in [2.45, 2.75) is 19.5 Å². The summed E-state index contributed by atoms with van der Waals surface area (Å²) in [5.41, 5.74) is 2.39.